The molecule has 10 heteroatoms. The van der Waals surface area contributed by atoms with Crippen LogP contribution in [0.1, 0.15) is 80.5 Å². The van der Waals surface area contributed by atoms with Gasteiger partial charge >= 0.3 is 0 Å². The Hall–Kier alpha value is -2.95. The van der Waals surface area contributed by atoms with Gasteiger partial charge in [0.15, 0.2) is 11.5 Å². The number of piperazine rings is 1. The number of rotatable bonds is 9. The van der Waals surface area contributed by atoms with Crippen molar-refractivity contribution in [2.75, 3.05) is 55.3 Å². The molecular weight excluding hydrogens is 528 g/mol. The van der Waals surface area contributed by atoms with Crippen molar-refractivity contribution in [2.24, 2.45) is 11.7 Å². The van der Waals surface area contributed by atoms with Gasteiger partial charge in [-0.05, 0) is 95.0 Å². The molecule has 2 aromatic rings. The minimum atomic E-state index is -0.605. The summed E-state index contributed by atoms with van der Waals surface area (Å²) >= 11 is 0. The fourth-order valence-electron chi connectivity index (χ4n) is 6.95. The van der Waals surface area contributed by atoms with Crippen molar-refractivity contribution in [3.8, 4) is 0 Å². The zero-order chi connectivity index (χ0) is 29.9. The number of piperidine rings is 1. The van der Waals surface area contributed by atoms with E-state index in [1.54, 1.807) is 0 Å². The number of nitrogens with one attached hydrogen (secondary N) is 3. The van der Waals surface area contributed by atoms with Crippen LogP contribution in [0.3, 0.4) is 0 Å². The summed E-state index contributed by atoms with van der Waals surface area (Å²) in [7, 11) is 2.22. The number of nitrogens with two attached hydrogens (primary N) is 1. The molecule has 0 spiro atoms. The summed E-state index contributed by atoms with van der Waals surface area (Å²) in [4.78, 5) is 26.8. The third-order valence-corrected chi connectivity index (χ3v) is 9.77. The van der Waals surface area contributed by atoms with Gasteiger partial charge in [-0.15, -0.1) is 0 Å². The zero-order valence-electron chi connectivity index (χ0n) is 25.9. The lowest BCUT2D eigenvalue weighted by molar-refractivity contribution is -0.00196. The van der Waals surface area contributed by atoms with Crippen LogP contribution in [0, 0.1) is 12.8 Å². The molecule has 5 rings (SSSR count). The summed E-state index contributed by atoms with van der Waals surface area (Å²) in [6, 6.07) is 7.11. The number of anilines is 4. The number of likely N-dealkylation sites (N-methyl/N-ethyl adjacent to an activating group) is 1. The Morgan fingerprint density at radius 1 is 1.12 bits per heavy atom. The van der Waals surface area contributed by atoms with Gasteiger partial charge in [0.1, 0.15) is 5.82 Å². The minimum Gasteiger partial charge on any atom is -0.390 e. The molecule has 3 fully saturated rings. The second kappa shape index (κ2) is 13.1. The smallest absolute Gasteiger partial charge is 0.271 e. The SMILES string of the molecule is CCc1nc(C(N)=O)c(Nc2ccc(N3CCC(C4CN(C)CCN4)CC3)c(C)c2)nc1N[C@H]1CC[C@@](O)(CC)CC1. The van der Waals surface area contributed by atoms with Crippen LogP contribution in [0.4, 0.5) is 23.0 Å². The van der Waals surface area contributed by atoms with Crippen LogP contribution in [0.2, 0.25) is 0 Å². The zero-order valence-corrected chi connectivity index (χ0v) is 25.9. The molecule has 1 saturated carbocycles. The van der Waals surface area contributed by atoms with E-state index in [0.29, 0.717) is 24.1 Å². The Morgan fingerprint density at radius 3 is 2.48 bits per heavy atom. The van der Waals surface area contributed by atoms with Crippen LogP contribution < -0.4 is 26.6 Å². The number of hydrogen-bond acceptors (Lipinski definition) is 9. The van der Waals surface area contributed by atoms with Gasteiger partial charge in [0.05, 0.1) is 11.3 Å². The average Bonchev–Trinajstić information content (AvgIpc) is 2.98. The van der Waals surface area contributed by atoms with Crippen LogP contribution in [0.25, 0.3) is 0 Å². The number of primary amides is 1. The van der Waals surface area contributed by atoms with Gasteiger partial charge in [0.25, 0.3) is 5.91 Å². The first-order valence-electron chi connectivity index (χ1n) is 15.9. The number of hydrogen-bond donors (Lipinski definition) is 5. The number of aromatic nitrogens is 2. The lowest BCUT2D eigenvalue weighted by Crippen LogP contribution is -2.54. The van der Waals surface area contributed by atoms with E-state index in [-0.39, 0.29) is 11.7 Å². The summed E-state index contributed by atoms with van der Waals surface area (Å²) in [5.41, 5.74) is 9.32. The fraction of sp³-hybridized carbons (Fsp3) is 0.656. The monoisotopic (exact) mass is 578 g/mol. The van der Waals surface area contributed by atoms with Crippen molar-refractivity contribution < 1.29 is 9.90 Å². The van der Waals surface area contributed by atoms with Crippen molar-refractivity contribution in [2.45, 2.75) is 89.8 Å². The van der Waals surface area contributed by atoms with Crippen molar-refractivity contribution in [1.82, 2.24) is 20.2 Å². The summed E-state index contributed by atoms with van der Waals surface area (Å²) in [5.74, 6) is 1.15. The molecule has 1 atom stereocenters. The first-order valence-corrected chi connectivity index (χ1v) is 15.9. The second-order valence-electron chi connectivity index (χ2n) is 12.7. The van der Waals surface area contributed by atoms with E-state index >= 15 is 0 Å². The van der Waals surface area contributed by atoms with E-state index in [9.17, 15) is 9.90 Å². The summed E-state index contributed by atoms with van der Waals surface area (Å²) < 4.78 is 0. The predicted octanol–water partition coefficient (Wildman–Crippen LogP) is 3.81. The van der Waals surface area contributed by atoms with E-state index in [1.165, 1.54) is 24.1 Å². The number of nitrogens with zero attached hydrogens (tertiary/aromatic N) is 4. The Morgan fingerprint density at radius 2 is 1.86 bits per heavy atom. The van der Waals surface area contributed by atoms with E-state index in [4.69, 9.17) is 10.7 Å². The Bertz CT molecular complexity index is 1240. The topological polar surface area (TPSA) is 132 Å². The van der Waals surface area contributed by atoms with E-state index in [0.717, 1.165) is 82.1 Å². The number of benzene rings is 1. The molecule has 2 aliphatic heterocycles. The van der Waals surface area contributed by atoms with E-state index < -0.39 is 11.5 Å². The maximum atomic E-state index is 12.4. The van der Waals surface area contributed by atoms with E-state index in [1.807, 2.05) is 19.9 Å². The Balaban J connectivity index is 1.28. The normalized spacial score (nSPS) is 25.8. The van der Waals surface area contributed by atoms with Gasteiger partial charge in [0, 0.05) is 56.2 Å². The standard InChI is InChI=1S/C32H50N8O2/c1-5-25-30(35-23-9-13-32(42,6-2)14-10-23)38-31(28(37-25)29(33)41)36-24-7-8-27(21(3)19-24)40-16-11-22(12-17-40)26-20-39(4)18-15-34-26/h7-8,19,22-23,26,34,42H,5-6,9-18,20H2,1-4H3,(H2,33,41)(H2,35,36,38)/t23-,26?,32-. The van der Waals surface area contributed by atoms with Crippen LogP contribution in [-0.4, -0.2) is 83.3 Å². The maximum Gasteiger partial charge on any atom is 0.271 e. The molecule has 2 saturated heterocycles. The summed E-state index contributed by atoms with van der Waals surface area (Å²) in [6.45, 7) is 11.6. The number of aryl methyl sites for hydroxylation is 2. The molecule has 1 aromatic carbocycles. The largest absolute Gasteiger partial charge is 0.390 e. The molecule has 1 amide bonds. The van der Waals surface area contributed by atoms with Gasteiger partial charge in [0.2, 0.25) is 0 Å². The minimum absolute atomic E-state index is 0.146. The first-order chi connectivity index (χ1) is 20.2. The van der Waals surface area contributed by atoms with Crippen molar-refractivity contribution >= 4 is 28.9 Å². The Labute approximate surface area is 250 Å². The molecule has 10 nitrogen and oxygen atoms in total. The highest BCUT2D eigenvalue weighted by molar-refractivity contribution is 5.96. The average molecular weight is 579 g/mol. The van der Waals surface area contributed by atoms with Crippen molar-refractivity contribution in [3.63, 3.8) is 0 Å². The Kier molecular flexibility index (Phi) is 9.54. The lowest BCUT2D eigenvalue weighted by atomic mass is 9.80. The highest BCUT2D eigenvalue weighted by atomic mass is 16.3. The first kappa shape index (κ1) is 30.5. The fourth-order valence-corrected chi connectivity index (χ4v) is 6.95. The highest BCUT2D eigenvalue weighted by Gasteiger charge is 2.32. The molecule has 0 bridgehead atoms. The molecule has 3 aliphatic rings. The van der Waals surface area contributed by atoms with Crippen LogP contribution >= 0.6 is 0 Å². The molecule has 1 unspecified atom stereocenters. The molecule has 0 radical (unpaired) electrons. The van der Waals surface area contributed by atoms with Gasteiger partial charge in [-0.3, -0.25) is 4.79 Å². The number of aliphatic hydroxyl groups is 1. The highest BCUT2D eigenvalue weighted by Crippen LogP contribution is 2.34. The van der Waals surface area contributed by atoms with E-state index in [2.05, 4.69) is 56.8 Å². The molecule has 6 N–H and O–H groups in total. The quantitative estimate of drug-likeness (QED) is 0.301. The molecule has 1 aromatic heterocycles. The van der Waals surface area contributed by atoms with Crippen molar-refractivity contribution in [3.05, 3.63) is 35.2 Å². The second-order valence-corrected chi connectivity index (χ2v) is 12.7. The predicted molar refractivity (Wildman–Crippen MR) is 170 cm³/mol. The molecule has 3 heterocycles. The van der Waals surface area contributed by atoms with Gasteiger partial charge in [-0.1, -0.05) is 13.8 Å². The summed E-state index contributed by atoms with van der Waals surface area (Å²) in [5, 5.41) is 21.3. The van der Waals surface area contributed by atoms with Gasteiger partial charge in [-0.2, -0.15) is 0 Å². The maximum absolute atomic E-state index is 12.4. The van der Waals surface area contributed by atoms with Crippen LogP contribution in [0.15, 0.2) is 18.2 Å². The third-order valence-electron chi connectivity index (χ3n) is 9.77. The van der Waals surface area contributed by atoms with Crippen molar-refractivity contribution in [1.29, 1.82) is 0 Å². The summed E-state index contributed by atoms with van der Waals surface area (Å²) in [6.07, 6.45) is 7.04. The molecular formula is C32H50N8O2. The molecule has 42 heavy (non-hydrogen) atoms. The molecule has 1 aliphatic carbocycles. The van der Waals surface area contributed by atoms with Crippen LogP contribution in [-0.2, 0) is 6.42 Å². The number of carbonyl (C=O) groups is 1. The lowest BCUT2D eigenvalue weighted by Gasteiger charge is -2.41. The third kappa shape index (κ3) is 6.98. The molecule has 230 valence electrons. The van der Waals surface area contributed by atoms with Gasteiger partial charge < -0.3 is 36.6 Å². The number of carbonyl (C=O) groups excluding carboxylic acids is 1. The van der Waals surface area contributed by atoms with Gasteiger partial charge in [-0.25, -0.2) is 9.97 Å². The number of amides is 1. The van der Waals surface area contributed by atoms with Crippen LogP contribution in [0.5, 0.6) is 0 Å².